The van der Waals surface area contributed by atoms with E-state index in [-0.39, 0.29) is 17.6 Å². The second-order valence-corrected chi connectivity index (χ2v) is 5.74. The summed E-state index contributed by atoms with van der Waals surface area (Å²) in [4.78, 5) is 23.2. The summed E-state index contributed by atoms with van der Waals surface area (Å²) >= 11 is 4.79. The zero-order chi connectivity index (χ0) is 12.4. The normalized spacial score (nSPS) is 18.4. The van der Waals surface area contributed by atoms with Gasteiger partial charge < -0.3 is 10.4 Å². The van der Waals surface area contributed by atoms with Crippen LogP contribution in [0.2, 0.25) is 0 Å². The Morgan fingerprint density at radius 2 is 2.29 bits per heavy atom. The van der Waals surface area contributed by atoms with Crippen molar-refractivity contribution in [2.75, 3.05) is 5.32 Å². The summed E-state index contributed by atoms with van der Waals surface area (Å²) in [7, 11) is 0. The van der Waals surface area contributed by atoms with Crippen molar-refractivity contribution >= 4 is 45.3 Å². The summed E-state index contributed by atoms with van der Waals surface area (Å²) in [6.07, 6.45) is 0.353. The van der Waals surface area contributed by atoms with Gasteiger partial charge in [-0.15, -0.1) is 11.8 Å². The molecule has 1 aromatic carbocycles. The third-order valence-corrected chi connectivity index (χ3v) is 4.39. The summed E-state index contributed by atoms with van der Waals surface area (Å²) in [5.41, 5.74) is 0.772. The number of hydrogen-bond acceptors (Lipinski definition) is 3. The summed E-state index contributed by atoms with van der Waals surface area (Å²) in [5.74, 6) is -1.01. The van der Waals surface area contributed by atoms with Crippen molar-refractivity contribution in [3.05, 3.63) is 22.7 Å². The van der Waals surface area contributed by atoms with Crippen LogP contribution in [0.3, 0.4) is 0 Å². The molecule has 2 rings (SSSR count). The number of halogens is 1. The van der Waals surface area contributed by atoms with Crippen LogP contribution < -0.4 is 5.32 Å². The van der Waals surface area contributed by atoms with E-state index in [0.29, 0.717) is 6.42 Å². The molecule has 1 atom stereocenters. The molecule has 17 heavy (non-hydrogen) atoms. The monoisotopic (exact) mass is 315 g/mol. The second-order valence-electron chi connectivity index (χ2n) is 3.64. The zero-order valence-corrected chi connectivity index (χ0v) is 11.2. The van der Waals surface area contributed by atoms with Crippen LogP contribution in [0, 0.1) is 0 Å². The number of rotatable bonds is 3. The third-order valence-electron chi connectivity index (χ3n) is 2.41. The van der Waals surface area contributed by atoms with E-state index in [1.807, 2.05) is 18.2 Å². The lowest BCUT2D eigenvalue weighted by Crippen LogP contribution is -2.29. The number of anilines is 1. The van der Waals surface area contributed by atoms with Crippen LogP contribution in [0.5, 0.6) is 0 Å². The van der Waals surface area contributed by atoms with E-state index < -0.39 is 5.97 Å². The van der Waals surface area contributed by atoms with Gasteiger partial charge in [0, 0.05) is 15.8 Å². The highest BCUT2D eigenvalue weighted by Gasteiger charge is 2.28. The highest BCUT2D eigenvalue weighted by Crippen LogP contribution is 2.40. The molecule has 1 amide bonds. The summed E-state index contributed by atoms with van der Waals surface area (Å²) in [6.45, 7) is 0. The fourth-order valence-corrected chi connectivity index (χ4v) is 3.32. The Balaban J connectivity index is 2.16. The van der Waals surface area contributed by atoms with E-state index in [0.717, 1.165) is 15.1 Å². The third kappa shape index (κ3) is 2.81. The zero-order valence-electron chi connectivity index (χ0n) is 8.77. The Labute approximate surface area is 111 Å². The average molecular weight is 316 g/mol. The van der Waals surface area contributed by atoms with E-state index in [1.54, 1.807) is 0 Å². The number of carbonyl (C=O) groups excluding carboxylic acids is 1. The maximum atomic E-state index is 11.8. The first kappa shape index (κ1) is 12.4. The first-order valence-electron chi connectivity index (χ1n) is 5.06. The van der Waals surface area contributed by atoms with Gasteiger partial charge in [0.15, 0.2) is 0 Å². The maximum absolute atomic E-state index is 11.8. The smallest absolute Gasteiger partial charge is 0.303 e. The Kier molecular flexibility index (Phi) is 3.73. The Bertz CT molecular complexity index is 478. The summed E-state index contributed by atoms with van der Waals surface area (Å²) < 4.78 is 0.840. The lowest BCUT2D eigenvalue weighted by Gasteiger charge is -2.24. The van der Waals surface area contributed by atoms with Crippen molar-refractivity contribution in [3.63, 3.8) is 0 Å². The molecule has 0 saturated heterocycles. The predicted octanol–water partition coefficient (Wildman–Crippen LogP) is 2.73. The molecular formula is C11H10BrNO3S. The standard InChI is InChI=1S/C11H10BrNO3S/c12-6-2-1-3-7-10(6)13-11(16)8(17-7)4-5-9(14)15/h1-3,8H,4-5H2,(H,13,16)(H,14,15). The van der Waals surface area contributed by atoms with Crippen molar-refractivity contribution < 1.29 is 14.7 Å². The van der Waals surface area contributed by atoms with Crippen molar-refractivity contribution in [1.29, 1.82) is 0 Å². The van der Waals surface area contributed by atoms with Gasteiger partial charge in [-0.3, -0.25) is 9.59 Å². The van der Waals surface area contributed by atoms with Crippen LogP contribution >= 0.6 is 27.7 Å². The van der Waals surface area contributed by atoms with Crippen LogP contribution in [0.25, 0.3) is 0 Å². The number of aliphatic carboxylic acids is 1. The number of carboxylic acid groups (broad SMARTS) is 1. The van der Waals surface area contributed by atoms with Crippen LogP contribution in [0.15, 0.2) is 27.6 Å². The number of nitrogens with one attached hydrogen (secondary N) is 1. The number of carboxylic acids is 1. The highest BCUT2D eigenvalue weighted by atomic mass is 79.9. The first-order chi connectivity index (χ1) is 8.08. The van der Waals surface area contributed by atoms with E-state index in [9.17, 15) is 9.59 Å². The van der Waals surface area contributed by atoms with Crippen molar-refractivity contribution in [2.24, 2.45) is 0 Å². The molecule has 0 bridgehead atoms. The van der Waals surface area contributed by atoms with Gasteiger partial charge in [0.25, 0.3) is 0 Å². The second kappa shape index (κ2) is 5.10. The number of hydrogen-bond donors (Lipinski definition) is 2. The minimum Gasteiger partial charge on any atom is -0.481 e. The molecule has 2 N–H and O–H groups in total. The van der Waals surface area contributed by atoms with E-state index >= 15 is 0 Å². The molecule has 0 aliphatic carbocycles. The SMILES string of the molecule is O=C(O)CCC1Sc2cccc(Br)c2NC1=O. The number of benzene rings is 1. The van der Waals surface area contributed by atoms with Crippen LogP contribution in [-0.4, -0.2) is 22.2 Å². The predicted molar refractivity (Wildman–Crippen MR) is 69.3 cm³/mol. The number of fused-ring (bicyclic) bond motifs is 1. The lowest BCUT2D eigenvalue weighted by molar-refractivity contribution is -0.137. The molecule has 90 valence electrons. The Morgan fingerprint density at radius 3 is 3.00 bits per heavy atom. The molecule has 0 fully saturated rings. The minimum absolute atomic E-state index is 0.00836. The molecule has 1 aromatic rings. The average Bonchev–Trinajstić information content (AvgIpc) is 2.28. The van der Waals surface area contributed by atoms with Gasteiger partial charge in [-0.05, 0) is 34.5 Å². The van der Waals surface area contributed by atoms with E-state index in [1.165, 1.54) is 11.8 Å². The molecule has 4 nitrogen and oxygen atoms in total. The molecule has 6 heteroatoms. The molecular weight excluding hydrogens is 306 g/mol. The van der Waals surface area contributed by atoms with Crippen molar-refractivity contribution in [1.82, 2.24) is 0 Å². The number of thioether (sulfide) groups is 1. The van der Waals surface area contributed by atoms with Gasteiger partial charge in [-0.2, -0.15) is 0 Å². The molecule has 1 heterocycles. The first-order valence-corrected chi connectivity index (χ1v) is 6.73. The molecule has 0 aromatic heterocycles. The number of para-hydroxylation sites is 1. The lowest BCUT2D eigenvalue weighted by atomic mass is 10.2. The molecule has 0 radical (unpaired) electrons. The van der Waals surface area contributed by atoms with Crippen LogP contribution in [0.4, 0.5) is 5.69 Å². The molecule has 1 unspecified atom stereocenters. The quantitative estimate of drug-likeness (QED) is 0.900. The summed E-state index contributed by atoms with van der Waals surface area (Å²) in [5, 5.41) is 11.1. The fraction of sp³-hybridized carbons (Fsp3) is 0.273. The highest BCUT2D eigenvalue weighted by molar-refractivity contribution is 9.10. The Morgan fingerprint density at radius 1 is 1.53 bits per heavy atom. The molecule has 1 aliphatic heterocycles. The molecule has 0 spiro atoms. The minimum atomic E-state index is -0.876. The van der Waals surface area contributed by atoms with Gasteiger partial charge in [-0.25, -0.2) is 0 Å². The van der Waals surface area contributed by atoms with Gasteiger partial charge in [0.1, 0.15) is 0 Å². The van der Waals surface area contributed by atoms with Crippen LogP contribution in [-0.2, 0) is 9.59 Å². The maximum Gasteiger partial charge on any atom is 0.303 e. The van der Waals surface area contributed by atoms with Gasteiger partial charge in [0.2, 0.25) is 5.91 Å². The summed E-state index contributed by atoms with van der Waals surface area (Å²) in [6, 6.07) is 5.66. The molecule has 0 saturated carbocycles. The van der Waals surface area contributed by atoms with Gasteiger partial charge >= 0.3 is 5.97 Å². The van der Waals surface area contributed by atoms with Crippen LogP contribution in [0.1, 0.15) is 12.8 Å². The number of amides is 1. The molecule has 1 aliphatic rings. The topological polar surface area (TPSA) is 66.4 Å². The van der Waals surface area contributed by atoms with E-state index in [4.69, 9.17) is 5.11 Å². The van der Waals surface area contributed by atoms with E-state index in [2.05, 4.69) is 21.2 Å². The van der Waals surface area contributed by atoms with Crippen molar-refractivity contribution in [2.45, 2.75) is 23.0 Å². The van der Waals surface area contributed by atoms with Gasteiger partial charge in [0.05, 0.1) is 10.9 Å². The van der Waals surface area contributed by atoms with Gasteiger partial charge in [-0.1, -0.05) is 6.07 Å². The largest absolute Gasteiger partial charge is 0.481 e. The fourth-order valence-electron chi connectivity index (χ4n) is 1.58. The Hall–Kier alpha value is -1.01. The number of carbonyl (C=O) groups is 2. The van der Waals surface area contributed by atoms with Crippen molar-refractivity contribution in [3.8, 4) is 0 Å².